The van der Waals surface area contributed by atoms with Crippen molar-refractivity contribution in [2.45, 2.75) is 24.3 Å². The van der Waals surface area contributed by atoms with Crippen LogP contribution in [0.3, 0.4) is 0 Å². The molecule has 1 aliphatic heterocycles. The van der Waals surface area contributed by atoms with Gasteiger partial charge in [-0.2, -0.15) is 5.10 Å². The number of anilines is 1. The van der Waals surface area contributed by atoms with Gasteiger partial charge in [0.1, 0.15) is 10.0 Å². The van der Waals surface area contributed by atoms with Crippen LogP contribution >= 0.6 is 34.8 Å². The third-order valence-electron chi connectivity index (χ3n) is 5.43. The number of likely N-dealkylation sites (N-methyl/N-ethyl adjacent to an activating group) is 1. The summed E-state index contributed by atoms with van der Waals surface area (Å²) in [6.07, 6.45) is 0. The number of rotatable bonds is 4. The van der Waals surface area contributed by atoms with Gasteiger partial charge in [0, 0.05) is 41.8 Å². The van der Waals surface area contributed by atoms with Crippen molar-refractivity contribution < 1.29 is 8.42 Å². The molecule has 4 rings (SSSR count). The maximum Gasteiger partial charge on any atom is 0.266 e. The van der Waals surface area contributed by atoms with Crippen molar-refractivity contribution in [3.05, 3.63) is 74.0 Å². The van der Waals surface area contributed by atoms with Crippen LogP contribution in [0.5, 0.6) is 0 Å². The number of nitrogens with zero attached hydrogens (tertiary/aromatic N) is 3. The lowest BCUT2D eigenvalue weighted by Crippen LogP contribution is -2.31. The molecule has 0 fully saturated rings. The number of hydrogen-bond acceptors (Lipinski definition) is 4. The molecule has 0 aliphatic carbocycles. The number of aromatic nitrogens is 2. The highest BCUT2D eigenvalue weighted by atomic mass is 35.5. The van der Waals surface area contributed by atoms with Crippen LogP contribution in [0.2, 0.25) is 15.2 Å². The minimum absolute atomic E-state index is 0.0205. The fraction of sp³-hybridized carbons (Fsp3) is 0.286. The quantitative estimate of drug-likeness (QED) is 0.544. The van der Waals surface area contributed by atoms with Gasteiger partial charge in [0.15, 0.2) is 0 Å². The molecule has 0 bridgehead atoms. The summed E-state index contributed by atoms with van der Waals surface area (Å²) >= 11 is 18.8. The molecule has 0 saturated heterocycles. The molecule has 10 heteroatoms. The molecule has 1 unspecified atom stereocenters. The Balaban J connectivity index is 1.64. The van der Waals surface area contributed by atoms with Gasteiger partial charge in [-0.05, 0) is 54.9 Å². The number of hydrogen-bond donors (Lipinski definition) is 1. The maximum absolute atomic E-state index is 12.8. The van der Waals surface area contributed by atoms with Crippen molar-refractivity contribution in [2.24, 2.45) is 7.05 Å². The number of aryl methyl sites for hydroxylation is 2. The summed E-state index contributed by atoms with van der Waals surface area (Å²) in [5.41, 5.74) is 3.99. The summed E-state index contributed by atoms with van der Waals surface area (Å²) in [6, 6.07) is 11.0. The molecule has 1 aromatic heterocycles. The molecule has 1 aliphatic rings. The van der Waals surface area contributed by atoms with E-state index in [2.05, 4.69) is 14.7 Å². The SMILES string of the molecule is Cc1nn(C)c(Cl)c1S(=O)(=O)Nc1ccc(C2CN(C)Cc3c(Cl)cc(Cl)cc32)cc1. The average molecular weight is 500 g/mol. The maximum atomic E-state index is 12.8. The molecule has 31 heavy (non-hydrogen) atoms. The zero-order chi connectivity index (χ0) is 22.5. The molecule has 3 aromatic rings. The van der Waals surface area contributed by atoms with Crippen LogP contribution in [0.4, 0.5) is 5.69 Å². The minimum atomic E-state index is -3.87. The Kier molecular flexibility index (Phi) is 6.00. The highest BCUT2D eigenvalue weighted by molar-refractivity contribution is 7.92. The van der Waals surface area contributed by atoms with E-state index in [0.717, 1.165) is 29.8 Å². The lowest BCUT2D eigenvalue weighted by atomic mass is 9.85. The molecule has 2 heterocycles. The Labute approximate surface area is 196 Å². The first-order chi connectivity index (χ1) is 14.6. The largest absolute Gasteiger partial charge is 0.301 e. The summed E-state index contributed by atoms with van der Waals surface area (Å²) in [6.45, 7) is 3.17. The molecule has 0 radical (unpaired) electrons. The minimum Gasteiger partial charge on any atom is -0.301 e. The highest BCUT2D eigenvalue weighted by Crippen LogP contribution is 2.38. The number of halogens is 3. The third-order valence-corrected chi connectivity index (χ3v) is 8.06. The van der Waals surface area contributed by atoms with Gasteiger partial charge < -0.3 is 4.90 Å². The molecular formula is C21H21Cl3N4O2S. The number of nitrogens with one attached hydrogen (secondary N) is 1. The second-order valence-electron chi connectivity index (χ2n) is 7.76. The van der Waals surface area contributed by atoms with E-state index >= 15 is 0 Å². The predicted molar refractivity (Wildman–Crippen MR) is 125 cm³/mol. The number of sulfonamides is 1. The topological polar surface area (TPSA) is 67.2 Å². The Hall–Kier alpha value is -1.77. The number of benzene rings is 2. The van der Waals surface area contributed by atoms with Crippen LogP contribution in [-0.4, -0.2) is 36.7 Å². The van der Waals surface area contributed by atoms with Gasteiger partial charge in [0.05, 0.1) is 5.69 Å². The third kappa shape index (κ3) is 4.30. The lowest BCUT2D eigenvalue weighted by molar-refractivity contribution is 0.295. The van der Waals surface area contributed by atoms with Gasteiger partial charge in [-0.15, -0.1) is 0 Å². The Morgan fingerprint density at radius 2 is 1.77 bits per heavy atom. The zero-order valence-corrected chi connectivity index (χ0v) is 20.2. The van der Waals surface area contributed by atoms with Crippen LogP contribution in [0.15, 0.2) is 41.3 Å². The molecule has 1 atom stereocenters. The van der Waals surface area contributed by atoms with Crippen molar-refractivity contribution in [2.75, 3.05) is 18.3 Å². The van der Waals surface area contributed by atoms with E-state index in [-0.39, 0.29) is 16.0 Å². The first-order valence-corrected chi connectivity index (χ1v) is 12.2. The molecule has 0 spiro atoms. The molecule has 1 N–H and O–H groups in total. The van der Waals surface area contributed by atoms with E-state index in [1.54, 1.807) is 32.2 Å². The summed E-state index contributed by atoms with van der Waals surface area (Å²) in [5.74, 6) is 0.0746. The van der Waals surface area contributed by atoms with Crippen molar-refractivity contribution in [1.82, 2.24) is 14.7 Å². The molecule has 0 amide bonds. The summed E-state index contributed by atoms with van der Waals surface area (Å²) in [5, 5.41) is 5.41. The van der Waals surface area contributed by atoms with Crippen molar-refractivity contribution in [3.63, 3.8) is 0 Å². The van der Waals surface area contributed by atoms with Crippen molar-refractivity contribution >= 4 is 50.5 Å². The fourth-order valence-electron chi connectivity index (χ4n) is 4.04. The van der Waals surface area contributed by atoms with Crippen LogP contribution < -0.4 is 4.72 Å². The molecule has 0 saturated carbocycles. The monoisotopic (exact) mass is 498 g/mol. The van der Waals surface area contributed by atoms with Gasteiger partial charge >= 0.3 is 0 Å². The zero-order valence-electron chi connectivity index (χ0n) is 17.2. The van der Waals surface area contributed by atoms with Crippen LogP contribution in [0.25, 0.3) is 0 Å². The van der Waals surface area contributed by atoms with E-state index in [1.165, 1.54) is 4.68 Å². The van der Waals surface area contributed by atoms with Gasteiger partial charge in [-0.3, -0.25) is 9.40 Å². The molecule has 2 aromatic carbocycles. The van der Waals surface area contributed by atoms with Crippen molar-refractivity contribution in [1.29, 1.82) is 0 Å². The highest BCUT2D eigenvalue weighted by Gasteiger charge is 2.28. The second-order valence-corrected chi connectivity index (χ2v) is 10.6. The van der Waals surface area contributed by atoms with E-state index in [4.69, 9.17) is 34.8 Å². The number of fused-ring (bicyclic) bond motifs is 1. The first kappa shape index (κ1) is 22.4. The van der Waals surface area contributed by atoms with E-state index in [0.29, 0.717) is 21.4 Å². The van der Waals surface area contributed by atoms with E-state index in [1.807, 2.05) is 25.2 Å². The summed E-state index contributed by atoms with van der Waals surface area (Å²) in [4.78, 5) is 2.18. The molecular weight excluding hydrogens is 479 g/mol. The average Bonchev–Trinajstić information content (AvgIpc) is 2.94. The van der Waals surface area contributed by atoms with Crippen LogP contribution in [0.1, 0.15) is 28.3 Å². The van der Waals surface area contributed by atoms with E-state index < -0.39 is 10.0 Å². The smallest absolute Gasteiger partial charge is 0.266 e. The summed E-state index contributed by atoms with van der Waals surface area (Å²) in [7, 11) is -0.226. The van der Waals surface area contributed by atoms with Gasteiger partial charge in [0.2, 0.25) is 0 Å². The second kappa shape index (κ2) is 8.30. The van der Waals surface area contributed by atoms with Crippen molar-refractivity contribution in [3.8, 4) is 0 Å². The Morgan fingerprint density at radius 3 is 2.39 bits per heavy atom. The van der Waals surface area contributed by atoms with Gasteiger partial charge in [-0.25, -0.2) is 8.42 Å². The normalized spacial score (nSPS) is 16.9. The predicted octanol–water partition coefficient (Wildman–Crippen LogP) is 5.07. The van der Waals surface area contributed by atoms with Crippen LogP contribution in [0, 0.1) is 6.92 Å². The Morgan fingerprint density at radius 1 is 1.10 bits per heavy atom. The first-order valence-electron chi connectivity index (χ1n) is 9.55. The molecule has 164 valence electrons. The standard InChI is InChI=1S/C21H21Cl3N4O2S/c1-12-20(21(24)28(3)25-12)31(29,30)26-15-6-4-13(5-7-15)17-10-27(2)11-18-16(17)8-14(22)9-19(18)23/h4-9,17,26H,10-11H2,1-3H3. The lowest BCUT2D eigenvalue weighted by Gasteiger charge is -2.33. The van der Waals surface area contributed by atoms with E-state index in [9.17, 15) is 8.42 Å². The molecule has 6 nitrogen and oxygen atoms in total. The summed E-state index contributed by atoms with van der Waals surface area (Å²) < 4.78 is 29.6. The van der Waals surface area contributed by atoms with Crippen LogP contribution in [-0.2, 0) is 23.6 Å². The van der Waals surface area contributed by atoms with Gasteiger partial charge in [-0.1, -0.05) is 46.9 Å². The fourth-order valence-corrected chi connectivity index (χ4v) is 6.42. The van der Waals surface area contributed by atoms with Gasteiger partial charge in [0.25, 0.3) is 10.0 Å². The Bertz CT molecular complexity index is 1260.